The Labute approximate surface area is 149 Å². The summed E-state index contributed by atoms with van der Waals surface area (Å²) in [4.78, 5) is 17.7. The highest BCUT2D eigenvalue weighted by Crippen LogP contribution is 2.29. The van der Waals surface area contributed by atoms with E-state index in [9.17, 15) is 4.79 Å². The Morgan fingerprint density at radius 3 is 2.75 bits per heavy atom. The molecule has 4 nitrogen and oxygen atoms in total. The van der Waals surface area contributed by atoms with Crippen LogP contribution in [0.25, 0.3) is 10.6 Å². The van der Waals surface area contributed by atoms with Crippen LogP contribution in [0.2, 0.25) is 0 Å². The van der Waals surface area contributed by atoms with Gasteiger partial charge in [-0.3, -0.25) is 4.79 Å². The third-order valence-electron chi connectivity index (χ3n) is 3.63. The van der Waals surface area contributed by atoms with Gasteiger partial charge < -0.3 is 10.1 Å². The highest BCUT2D eigenvalue weighted by molar-refractivity contribution is 7.17. The highest BCUT2D eigenvalue weighted by atomic mass is 32.1. The van der Waals surface area contributed by atoms with Crippen LogP contribution in [0.5, 0.6) is 0 Å². The number of hydrogen-bond acceptors (Lipinski definition) is 5. The molecular formula is C18H18N2O2S2. The number of benzene rings is 1. The Bertz CT molecular complexity index is 825. The lowest BCUT2D eigenvalue weighted by Crippen LogP contribution is -2.23. The molecule has 124 valence electrons. The van der Waals surface area contributed by atoms with Crippen molar-refractivity contribution >= 4 is 28.6 Å². The number of aryl methyl sites for hydroxylation is 1. The Morgan fingerprint density at radius 1 is 1.25 bits per heavy atom. The zero-order chi connectivity index (χ0) is 16.9. The average Bonchev–Trinajstić information content (AvgIpc) is 3.23. The Kier molecular flexibility index (Phi) is 5.40. The summed E-state index contributed by atoms with van der Waals surface area (Å²) in [6.45, 7) is 2.89. The highest BCUT2D eigenvalue weighted by Gasteiger charge is 2.16. The Hall–Kier alpha value is -2.02. The van der Waals surface area contributed by atoms with Crippen LogP contribution in [0.15, 0.2) is 41.1 Å². The van der Waals surface area contributed by atoms with Crippen LogP contribution >= 0.6 is 22.7 Å². The van der Waals surface area contributed by atoms with E-state index in [4.69, 9.17) is 4.74 Å². The summed E-state index contributed by atoms with van der Waals surface area (Å²) in [5.41, 5.74) is 3.98. The molecule has 2 aromatic heterocycles. The van der Waals surface area contributed by atoms with Gasteiger partial charge in [-0.1, -0.05) is 24.3 Å². The van der Waals surface area contributed by atoms with Crippen LogP contribution in [0, 0.1) is 6.92 Å². The molecule has 0 aliphatic rings. The molecule has 0 radical (unpaired) electrons. The lowest BCUT2D eigenvalue weighted by Gasteiger charge is -2.09. The fourth-order valence-corrected chi connectivity index (χ4v) is 4.09. The maximum Gasteiger partial charge on any atom is 0.263 e. The minimum atomic E-state index is -0.0845. The summed E-state index contributed by atoms with van der Waals surface area (Å²) in [5.74, 6) is -0.0845. The van der Waals surface area contributed by atoms with Crippen LogP contribution in [-0.2, 0) is 17.9 Å². The van der Waals surface area contributed by atoms with Crippen molar-refractivity contribution < 1.29 is 9.53 Å². The predicted octanol–water partition coefficient (Wildman–Crippen LogP) is 4.26. The predicted molar refractivity (Wildman–Crippen MR) is 98.5 cm³/mol. The maximum atomic E-state index is 12.5. The van der Waals surface area contributed by atoms with E-state index in [1.54, 1.807) is 18.4 Å². The van der Waals surface area contributed by atoms with E-state index >= 15 is 0 Å². The topological polar surface area (TPSA) is 51.2 Å². The van der Waals surface area contributed by atoms with Crippen molar-refractivity contribution in [2.24, 2.45) is 0 Å². The van der Waals surface area contributed by atoms with E-state index < -0.39 is 0 Å². The van der Waals surface area contributed by atoms with E-state index in [0.717, 1.165) is 27.4 Å². The van der Waals surface area contributed by atoms with Crippen molar-refractivity contribution in [2.45, 2.75) is 20.1 Å². The van der Waals surface area contributed by atoms with Gasteiger partial charge >= 0.3 is 0 Å². The number of ether oxygens (including phenoxy) is 1. The lowest BCUT2D eigenvalue weighted by atomic mass is 10.1. The number of nitrogens with zero attached hydrogens (tertiary/aromatic N) is 1. The molecule has 1 aromatic carbocycles. The van der Waals surface area contributed by atoms with E-state index in [2.05, 4.69) is 10.3 Å². The first-order valence-corrected chi connectivity index (χ1v) is 9.29. The van der Waals surface area contributed by atoms with Gasteiger partial charge in [0.1, 0.15) is 9.88 Å². The van der Waals surface area contributed by atoms with Gasteiger partial charge in [0.2, 0.25) is 0 Å². The van der Waals surface area contributed by atoms with Crippen molar-refractivity contribution in [3.8, 4) is 10.6 Å². The molecule has 3 rings (SSSR count). The van der Waals surface area contributed by atoms with Gasteiger partial charge in [-0.15, -0.1) is 11.3 Å². The maximum absolute atomic E-state index is 12.5. The number of thiazole rings is 1. The van der Waals surface area contributed by atoms with Gasteiger partial charge in [0.25, 0.3) is 5.91 Å². The number of methoxy groups -OCH3 is 1. The molecule has 3 aromatic rings. The third-order valence-corrected chi connectivity index (χ3v) is 5.52. The number of carbonyl (C=O) groups is 1. The SMILES string of the molecule is COCc1ccccc1CNC(=O)c1sc(-c2ccsc2)nc1C. The smallest absolute Gasteiger partial charge is 0.263 e. The normalized spacial score (nSPS) is 10.8. The van der Waals surface area contributed by atoms with Gasteiger partial charge in [0.15, 0.2) is 0 Å². The quantitative estimate of drug-likeness (QED) is 0.716. The lowest BCUT2D eigenvalue weighted by molar-refractivity contribution is 0.0953. The Morgan fingerprint density at radius 2 is 2.04 bits per heavy atom. The first-order chi connectivity index (χ1) is 11.7. The first-order valence-electron chi connectivity index (χ1n) is 7.53. The molecule has 0 aliphatic carbocycles. The number of nitrogens with one attached hydrogen (secondary N) is 1. The number of aromatic nitrogens is 1. The van der Waals surface area contributed by atoms with Crippen molar-refractivity contribution in [1.82, 2.24) is 10.3 Å². The fraction of sp³-hybridized carbons (Fsp3) is 0.222. The molecule has 6 heteroatoms. The molecule has 0 aliphatic heterocycles. The number of carbonyl (C=O) groups excluding carboxylic acids is 1. The number of amides is 1. The van der Waals surface area contributed by atoms with Crippen molar-refractivity contribution in [3.05, 3.63) is 62.8 Å². The van der Waals surface area contributed by atoms with Gasteiger partial charge in [-0.25, -0.2) is 4.98 Å². The summed E-state index contributed by atoms with van der Waals surface area (Å²) in [5, 5.41) is 7.93. The summed E-state index contributed by atoms with van der Waals surface area (Å²) in [6.07, 6.45) is 0. The van der Waals surface area contributed by atoms with E-state index in [1.165, 1.54) is 11.3 Å². The minimum Gasteiger partial charge on any atom is -0.380 e. The van der Waals surface area contributed by atoms with E-state index in [0.29, 0.717) is 18.0 Å². The second-order valence-electron chi connectivity index (χ2n) is 5.33. The van der Waals surface area contributed by atoms with Crippen LogP contribution in [-0.4, -0.2) is 18.0 Å². The van der Waals surface area contributed by atoms with Gasteiger partial charge in [0.05, 0.1) is 12.3 Å². The third kappa shape index (κ3) is 3.72. The van der Waals surface area contributed by atoms with Gasteiger partial charge in [-0.2, -0.15) is 11.3 Å². The van der Waals surface area contributed by atoms with E-state index in [1.807, 2.05) is 48.0 Å². The second kappa shape index (κ2) is 7.70. The molecule has 0 saturated carbocycles. The van der Waals surface area contributed by atoms with Crippen molar-refractivity contribution in [1.29, 1.82) is 0 Å². The molecule has 1 N–H and O–H groups in total. The van der Waals surface area contributed by atoms with Crippen LogP contribution in [0.1, 0.15) is 26.5 Å². The van der Waals surface area contributed by atoms with Crippen LogP contribution < -0.4 is 5.32 Å². The molecule has 0 spiro atoms. The monoisotopic (exact) mass is 358 g/mol. The number of thiophene rings is 1. The summed E-state index contributed by atoms with van der Waals surface area (Å²) in [6, 6.07) is 9.97. The van der Waals surface area contributed by atoms with Crippen molar-refractivity contribution in [3.63, 3.8) is 0 Å². The van der Waals surface area contributed by atoms with Crippen molar-refractivity contribution in [2.75, 3.05) is 7.11 Å². The van der Waals surface area contributed by atoms with Crippen LogP contribution in [0.3, 0.4) is 0 Å². The fourth-order valence-electron chi connectivity index (χ4n) is 2.40. The zero-order valence-corrected chi connectivity index (χ0v) is 15.2. The minimum absolute atomic E-state index is 0.0845. The van der Waals surface area contributed by atoms with Crippen LogP contribution in [0.4, 0.5) is 0 Å². The molecule has 2 heterocycles. The molecule has 0 unspecified atom stereocenters. The van der Waals surface area contributed by atoms with E-state index in [-0.39, 0.29) is 5.91 Å². The number of hydrogen-bond donors (Lipinski definition) is 1. The summed E-state index contributed by atoms with van der Waals surface area (Å²) < 4.78 is 5.20. The summed E-state index contributed by atoms with van der Waals surface area (Å²) >= 11 is 3.06. The molecule has 0 atom stereocenters. The summed E-state index contributed by atoms with van der Waals surface area (Å²) in [7, 11) is 1.67. The molecule has 1 amide bonds. The first kappa shape index (κ1) is 16.8. The largest absolute Gasteiger partial charge is 0.380 e. The standard InChI is InChI=1S/C18H18N2O2S2/c1-12-16(24-18(20-12)15-7-8-23-11-15)17(21)19-9-13-5-3-4-6-14(13)10-22-2/h3-8,11H,9-10H2,1-2H3,(H,19,21). The molecule has 0 fully saturated rings. The molecule has 24 heavy (non-hydrogen) atoms. The molecule has 0 bridgehead atoms. The average molecular weight is 358 g/mol. The zero-order valence-electron chi connectivity index (χ0n) is 13.5. The van der Waals surface area contributed by atoms with Gasteiger partial charge in [-0.05, 0) is 29.5 Å². The number of rotatable bonds is 6. The second-order valence-corrected chi connectivity index (χ2v) is 7.11. The van der Waals surface area contributed by atoms with Gasteiger partial charge in [0, 0.05) is 24.6 Å². The molecular weight excluding hydrogens is 340 g/mol. The Balaban J connectivity index is 1.72. The molecule has 0 saturated heterocycles.